The second-order valence-corrected chi connectivity index (χ2v) is 7.50. The Labute approximate surface area is 137 Å². The fraction of sp³-hybridized carbons (Fsp3) is 0.235. The van der Waals surface area contributed by atoms with Crippen LogP contribution in [0.2, 0.25) is 0 Å². The van der Waals surface area contributed by atoms with Gasteiger partial charge in [0.2, 0.25) is 15.9 Å². The number of aryl methyl sites for hydroxylation is 1. The molecule has 5 nitrogen and oxygen atoms in total. The van der Waals surface area contributed by atoms with E-state index in [0.717, 1.165) is 9.87 Å². The second kappa shape index (κ2) is 7.39. The fourth-order valence-corrected chi connectivity index (χ4v) is 3.02. The van der Waals surface area contributed by atoms with Gasteiger partial charge in [0.15, 0.2) is 0 Å². The molecule has 1 N–H and O–H groups in total. The van der Waals surface area contributed by atoms with Gasteiger partial charge in [-0.3, -0.25) is 4.79 Å². The first-order chi connectivity index (χ1) is 10.9. The van der Waals surface area contributed by atoms with E-state index >= 15 is 0 Å². The van der Waals surface area contributed by atoms with Crippen LogP contribution in [0.4, 0.5) is 5.69 Å². The van der Waals surface area contributed by atoms with Gasteiger partial charge in [0.1, 0.15) is 0 Å². The van der Waals surface area contributed by atoms with E-state index in [2.05, 4.69) is 5.32 Å². The average Bonchev–Trinajstić information content (AvgIpc) is 2.54. The first kappa shape index (κ1) is 17.2. The highest BCUT2D eigenvalue weighted by atomic mass is 32.2. The molecule has 2 aromatic carbocycles. The van der Waals surface area contributed by atoms with Crippen LogP contribution in [0.3, 0.4) is 0 Å². The molecule has 122 valence electrons. The van der Waals surface area contributed by atoms with E-state index in [1.807, 2.05) is 30.3 Å². The van der Waals surface area contributed by atoms with Gasteiger partial charge in [0, 0.05) is 26.2 Å². The van der Waals surface area contributed by atoms with Gasteiger partial charge in [-0.1, -0.05) is 36.4 Å². The molecule has 1 amide bonds. The zero-order chi connectivity index (χ0) is 16.9. The summed E-state index contributed by atoms with van der Waals surface area (Å²) in [6.07, 6.45) is 0.983. The summed E-state index contributed by atoms with van der Waals surface area (Å²) in [7, 11) is -0.563. The van der Waals surface area contributed by atoms with Crippen molar-refractivity contribution in [2.75, 3.05) is 19.4 Å². The molecule has 0 aliphatic carbocycles. The number of hydrogen-bond donors (Lipinski definition) is 1. The van der Waals surface area contributed by atoms with Crippen molar-refractivity contribution in [3.8, 4) is 0 Å². The molecular weight excluding hydrogens is 312 g/mol. The van der Waals surface area contributed by atoms with E-state index in [1.165, 1.54) is 26.2 Å². The summed E-state index contributed by atoms with van der Waals surface area (Å²) in [6, 6.07) is 16.0. The van der Waals surface area contributed by atoms with Gasteiger partial charge in [-0.25, -0.2) is 12.7 Å². The summed E-state index contributed by atoms with van der Waals surface area (Å²) in [5.74, 6) is -0.145. The highest BCUT2D eigenvalue weighted by molar-refractivity contribution is 7.89. The molecule has 0 saturated carbocycles. The van der Waals surface area contributed by atoms with Crippen molar-refractivity contribution >= 4 is 21.6 Å². The van der Waals surface area contributed by atoms with Crippen LogP contribution < -0.4 is 5.32 Å². The van der Waals surface area contributed by atoms with Gasteiger partial charge in [-0.05, 0) is 30.2 Å². The molecule has 0 atom stereocenters. The number of carbonyl (C=O) groups excluding carboxylic acids is 1. The zero-order valence-electron chi connectivity index (χ0n) is 13.2. The van der Waals surface area contributed by atoms with Crippen molar-refractivity contribution in [1.82, 2.24) is 4.31 Å². The molecule has 23 heavy (non-hydrogen) atoms. The zero-order valence-corrected chi connectivity index (χ0v) is 14.0. The average molecular weight is 332 g/mol. The minimum atomic E-state index is -3.51. The topological polar surface area (TPSA) is 66.5 Å². The van der Waals surface area contributed by atoms with E-state index in [4.69, 9.17) is 0 Å². The Morgan fingerprint density at radius 3 is 2.39 bits per heavy atom. The number of anilines is 1. The number of amides is 1. The van der Waals surface area contributed by atoms with Gasteiger partial charge >= 0.3 is 0 Å². The van der Waals surface area contributed by atoms with E-state index < -0.39 is 10.0 Å². The lowest BCUT2D eigenvalue weighted by molar-refractivity contribution is -0.116. The van der Waals surface area contributed by atoms with Crippen LogP contribution >= 0.6 is 0 Å². The molecule has 0 radical (unpaired) electrons. The number of nitrogens with zero attached hydrogens (tertiary/aromatic N) is 1. The quantitative estimate of drug-likeness (QED) is 0.884. The van der Waals surface area contributed by atoms with Crippen LogP contribution in [0, 0.1) is 0 Å². The summed E-state index contributed by atoms with van der Waals surface area (Å²) in [5, 5.41) is 2.74. The highest BCUT2D eigenvalue weighted by Crippen LogP contribution is 2.18. The van der Waals surface area contributed by atoms with Crippen molar-refractivity contribution in [1.29, 1.82) is 0 Å². The summed E-state index contributed by atoms with van der Waals surface area (Å²) in [4.78, 5) is 12.2. The Morgan fingerprint density at radius 1 is 1.04 bits per heavy atom. The minimum Gasteiger partial charge on any atom is -0.326 e. The Balaban J connectivity index is 2.02. The van der Waals surface area contributed by atoms with Crippen LogP contribution in [0.15, 0.2) is 59.5 Å². The third kappa shape index (κ3) is 4.64. The van der Waals surface area contributed by atoms with Crippen molar-refractivity contribution in [2.24, 2.45) is 0 Å². The molecule has 0 fully saturated rings. The number of hydrogen-bond acceptors (Lipinski definition) is 3. The maximum absolute atomic E-state index is 12.1. The summed E-state index contributed by atoms with van der Waals surface area (Å²) in [6.45, 7) is 0. The van der Waals surface area contributed by atoms with Crippen LogP contribution in [0.25, 0.3) is 0 Å². The van der Waals surface area contributed by atoms with E-state index in [0.29, 0.717) is 18.5 Å². The summed E-state index contributed by atoms with van der Waals surface area (Å²) in [5.41, 5.74) is 1.57. The van der Waals surface area contributed by atoms with Gasteiger partial charge < -0.3 is 5.32 Å². The molecular formula is C17H20N2O3S. The number of sulfonamides is 1. The summed E-state index contributed by atoms with van der Waals surface area (Å²) >= 11 is 0. The predicted octanol–water partition coefficient (Wildman–Crippen LogP) is 2.51. The third-order valence-electron chi connectivity index (χ3n) is 3.38. The van der Waals surface area contributed by atoms with Gasteiger partial charge in [-0.2, -0.15) is 0 Å². The van der Waals surface area contributed by atoms with Crippen LogP contribution in [0.1, 0.15) is 12.0 Å². The molecule has 0 heterocycles. The maximum Gasteiger partial charge on any atom is 0.242 e. The van der Waals surface area contributed by atoms with Crippen molar-refractivity contribution in [3.63, 3.8) is 0 Å². The molecule has 2 rings (SSSR count). The normalized spacial score (nSPS) is 11.4. The largest absolute Gasteiger partial charge is 0.326 e. The van der Waals surface area contributed by atoms with Crippen molar-refractivity contribution in [3.05, 3.63) is 60.2 Å². The standard InChI is InChI=1S/C17H20N2O3S/c1-19(2)23(21,22)16-10-6-9-15(13-16)18-17(20)12-11-14-7-4-3-5-8-14/h3-10,13H,11-12H2,1-2H3,(H,18,20). The third-order valence-corrected chi connectivity index (χ3v) is 5.19. The molecule has 2 aromatic rings. The van der Waals surface area contributed by atoms with Crippen LogP contribution in [0.5, 0.6) is 0 Å². The van der Waals surface area contributed by atoms with E-state index in [1.54, 1.807) is 12.1 Å². The van der Waals surface area contributed by atoms with Crippen molar-refractivity contribution < 1.29 is 13.2 Å². The van der Waals surface area contributed by atoms with Gasteiger partial charge in [0.25, 0.3) is 0 Å². The smallest absolute Gasteiger partial charge is 0.242 e. The molecule has 0 spiro atoms. The molecule has 0 unspecified atom stereocenters. The molecule has 0 saturated heterocycles. The second-order valence-electron chi connectivity index (χ2n) is 5.35. The fourth-order valence-electron chi connectivity index (χ4n) is 2.07. The highest BCUT2D eigenvalue weighted by Gasteiger charge is 2.17. The summed E-state index contributed by atoms with van der Waals surface area (Å²) < 4.78 is 25.3. The van der Waals surface area contributed by atoms with Crippen molar-refractivity contribution in [2.45, 2.75) is 17.7 Å². The lowest BCUT2D eigenvalue weighted by atomic mass is 10.1. The maximum atomic E-state index is 12.1. The minimum absolute atomic E-state index is 0.145. The van der Waals surface area contributed by atoms with Crippen LogP contribution in [-0.2, 0) is 21.2 Å². The van der Waals surface area contributed by atoms with Crippen LogP contribution in [-0.4, -0.2) is 32.7 Å². The number of nitrogens with one attached hydrogen (secondary N) is 1. The first-order valence-electron chi connectivity index (χ1n) is 7.26. The molecule has 0 aliphatic heterocycles. The number of carbonyl (C=O) groups is 1. The lowest BCUT2D eigenvalue weighted by Gasteiger charge is -2.12. The Kier molecular flexibility index (Phi) is 5.52. The predicted molar refractivity (Wildman–Crippen MR) is 90.7 cm³/mol. The Morgan fingerprint density at radius 2 is 1.74 bits per heavy atom. The number of benzene rings is 2. The lowest BCUT2D eigenvalue weighted by Crippen LogP contribution is -2.22. The molecule has 0 aliphatic rings. The van der Waals surface area contributed by atoms with Gasteiger partial charge in [0.05, 0.1) is 4.90 Å². The molecule has 0 aromatic heterocycles. The first-order valence-corrected chi connectivity index (χ1v) is 8.70. The van der Waals surface area contributed by atoms with E-state index in [9.17, 15) is 13.2 Å². The molecule has 0 bridgehead atoms. The van der Waals surface area contributed by atoms with E-state index in [-0.39, 0.29) is 10.8 Å². The van der Waals surface area contributed by atoms with Gasteiger partial charge in [-0.15, -0.1) is 0 Å². The Bertz CT molecular complexity index is 771. The number of rotatable bonds is 6. The SMILES string of the molecule is CN(C)S(=O)(=O)c1cccc(NC(=O)CCc2ccccc2)c1. The molecule has 6 heteroatoms. The monoisotopic (exact) mass is 332 g/mol. The Hall–Kier alpha value is -2.18.